The Hall–Kier alpha value is -2.51. The molecule has 1 fully saturated rings. The number of amides is 1. The van der Waals surface area contributed by atoms with Gasteiger partial charge in [-0.15, -0.1) is 0 Å². The van der Waals surface area contributed by atoms with Gasteiger partial charge in [-0.2, -0.15) is 0 Å². The second-order valence-electron chi connectivity index (χ2n) is 7.43. The van der Waals surface area contributed by atoms with Crippen molar-refractivity contribution in [2.24, 2.45) is 0 Å². The third-order valence-corrected chi connectivity index (χ3v) is 6.17. The number of nitrogens with zero attached hydrogens (tertiary/aromatic N) is 1. The van der Waals surface area contributed by atoms with Crippen LogP contribution in [-0.2, 0) is 4.79 Å². The molecule has 5 nitrogen and oxygen atoms in total. The molecule has 1 amide bonds. The van der Waals surface area contributed by atoms with Gasteiger partial charge in [0, 0.05) is 29.8 Å². The minimum Gasteiger partial charge on any atom is -0.457 e. The van der Waals surface area contributed by atoms with Crippen LogP contribution in [0.25, 0.3) is 17.4 Å². The van der Waals surface area contributed by atoms with Gasteiger partial charge in [0.1, 0.15) is 11.5 Å². The fraction of sp³-hybridized carbons (Fsp3) is 0.167. The summed E-state index contributed by atoms with van der Waals surface area (Å²) in [6.07, 6.45) is 5.14. The molecule has 1 aliphatic rings. The molecule has 0 aliphatic carbocycles. The zero-order valence-electron chi connectivity index (χ0n) is 17.4. The second-order valence-corrected chi connectivity index (χ2v) is 9.09. The van der Waals surface area contributed by atoms with E-state index in [0.29, 0.717) is 32.2 Å². The van der Waals surface area contributed by atoms with E-state index in [-0.39, 0.29) is 11.0 Å². The van der Waals surface area contributed by atoms with Crippen molar-refractivity contribution < 1.29 is 9.21 Å². The summed E-state index contributed by atoms with van der Waals surface area (Å²) >= 11 is 23.9. The van der Waals surface area contributed by atoms with E-state index in [2.05, 4.69) is 15.5 Å². The van der Waals surface area contributed by atoms with E-state index >= 15 is 0 Å². The number of nitrogens with one attached hydrogen (secondary N) is 2. The summed E-state index contributed by atoms with van der Waals surface area (Å²) in [7, 11) is 0. The summed E-state index contributed by atoms with van der Waals surface area (Å²) < 4.78 is 5.76. The van der Waals surface area contributed by atoms with Crippen LogP contribution in [-0.4, -0.2) is 24.1 Å². The second kappa shape index (κ2) is 10.6. The lowest BCUT2D eigenvalue weighted by atomic mass is 10.2. The fourth-order valence-corrected chi connectivity index (χ4v) is 4.63. The standard InChI is InChI=1S/C24H20Cl3N3O2S/c25-15-6-9-17(19(27)14-15)21-10-7-16(32-21)8-11-22(31)29-24(33)28-20-5-3-4-18(26)23(20)30-12-1-2-13-30/h3-11,14H,1-2,12-13H2,(H2,28,29,31,33)/b11-8+. The van der Waals surface area contributed by atoms with Gasteiger partial charge in [0.2, 0.25) is 5.91 Å². The molecule has 0 bridgehead atoms. The Labute approximate surface area is 212 Å². The number of para-hydroxylation sites is 1. The Balaban J connectivity index is 1.38. The van der Waals surface area contributed by atoms with Crippen molar-refractivity contribution in [1.29, 1.82) is 0 Å². The molecule has 2 aromatic carbocycles. The van der Waals surface area contributed by atoms with Crippen LogP contribution < -0.4 is 15.5 Å². The molecule has 170 valence electrons. The summed E-state index contributed by atoms with van der Waals surface area (Å²) in [6.45, 7) is 1.87. The number of furan rings is 1. The number of rotatable bonds is 5. The van der Waals surface area contributed by atoms with Crippen molar-refractivity contribution in [3.63, 3.8) is 0 Å². The fourth-order valence-electron chi connectivity index (χ4n) is 3.62. The summed E-state index contributed by atoms with van der Waals surface area (Å²) in [5, 5.41) is 7.58. The van der Waals surface area contributed by atoms with Gasteiger partial charge in [-0.05, 0) is 73.6 Å². The lowest BCUT2D eigenvalue weighted by Gasteiger charge is -2.23. The average molecular weight is 521 g/mol. The molecule has 1 aliphatic heterocycles. The van der Waals surface area contributed by atoms with Gasteiger partial charge in [0.05, 0.1) is 21.4 Å². The Morgan fingerprint density at radius 1 is 1.03 bits per heavy atom. The molecule has 3 aromatic rings. The highest BCUT2D eigenvalue weighted by Gasteiger charge is 2.19. The molecular formula is C24H20Cl3N3O2S. The number of thiocarbonyl (C=S) groups is 1. The van der Waals surface area contributed by atoms with Crippen LogP contribution in [0.4, 0.5) is 11.4 Å². The van der Waals surface area contributed by atoms with Gasteiger partial charge in [-0.3, -0.25) is 10.1 Å². The van der Waals surface area contributed by atoms with Crippen molar-refractivity contribution in [2.45, 2.75) is 12.8 Å². The van der Waals surface area contributed by atoms with Crippen molar-refractivity contribution in [1.82, 2.24) is 5.32 Å². The predicted octanol–water partition coefficient (Wildman–Crippen LogP) is 7.03. The number of carbonyl (C=O) groups excluding carboxylic acids is 1. The molecule has 2 heterocycles. The molecule has 2 N–H and O–H groups in total. The third-order valence-electron chi connectivity index (χ3n) is 5.12. The maximum atomic E-state index is 12.4. The highest BCUT2D eigenvalue weighted by molar-refractivity contribution is 7.80. The van der Waals surface area contributed by atoms with Crippen molar-refractivity contribution in [2.75, 3.05) is 23.3 Å². The van der Waals surface area contributed by atoms with Crippen molar-refractivity contribution >= 4 is 75.5 Å². The number of benzene rings is 2. The van der Waals surface area contributed by atoms with E-state index in [1.807, 2.05) is 18.2 Å². The quantitative estimate of drug-likeness (QED) is 0.279. The minimum absolute atomic E-state index is 0.181. The smallest absolute Gasteiger partial charge is 0.250 e. The number of hydrogen-bond acceptors (Lipinski definition) is 4. The SMILES string of the molecule is O=C(/C=C/c1ccc(-c2ccc(Cl)cc2Cl)o1)NC(=S)Nc1cccc(Cl)c1N1CCCC1. The van der Waals surface area contributed by atoms with Gasteiger partial charge in [-0.25, -0.2) is 0 Å². The predicted molar refractivity (Wildman–Crippen MR) is 140 cm³/mol. The highest BCUT2D eigenvalue weighted by Crippen LogP contribution is 2.36. The first-order valence-electron chi connectivity index (χ1n) is 10.3. The van der Waals surface area contributed by atoms with Crippen LogP contribution in [0.5, 0.6) is 0 Å². The van der Waals surface area contributed by atoms with Crippen LogP contribution in [0.1, 0.15) is 18.6 Å². The van der Waals surface area contributed by atoms with Crippen LogP contribution in [0.15, 0.2) is 59.0 Å². The Morgan fingerprint density at radius 2 is 1.82 bits per heavy atom. The molecule has 1 saturated heterocycles. The third kappa shape index (κ3) is 5.89. The molecule has 0 radical (unpaired) electrons. The maximum Gasteiger partial charge on any atom is 0.250 e. The zero-order valence-corrected chi connectivity index (χ0v) is 20.5. The Morgan fingerprint density at radius 3 is 2.58 bits per heavy atom. The van der Waals surface area contributed by atoms with Crippen molar-refractivity contribution in [3.8, 4) is 11.3 Å². The molecule has 0 spiro atoms. The largest absolute Gasteiger partial charge is 0.457 e. The first-order chi connectivity index (χ1) is 15.9. The maximum absolute atomic E-state index is 12.4. The van der Waals surface area contributed by atoms with Gasteiger partial charge in [-0.1, -0.05) is 40.9 Å². The lowest BCUT2D eigenvalue weighted by Crippen LogP contribution is -2.33. The summed E-state index contributed by atoms with van der Waals surface area (Å²) in [5.74, 6) is 0.681. The molecule has 33 heavy (non-hydrogen) atoms. The van der Waals surface area contributed by atoms with Gasteiger partial charge < -0.3 is 14.6 Å². The molecule has 0 saturated carbocycles. The first-order valence-corrected chi connectivity index (χ1v) is 11.8. The molecular weight excluding hydrogens is 501 g/mol. The number of hydrogen-bond donors (Lipinski definition) is 2. The first kappa shape index (κ1) is 23.6. The molecule has 9 heteroatoms. The highest BCUT2D eigenvalue weighted by atomic mass is 35.5. The van der Waals surface area contributed by atoms with Gasteiger partial charge >= 0.3 is 0 Å². The van der Waals surface area contributed by atoms with E-state index in [4.69, 9.17) is 51.4 Å². The van der Waals surface area contributed by atoms with Gasteiger partial charge in [0.25, 0.3) is 0 Å². The van der Waals surface area contributed by atoms with Crippen molar-refractivity contribution in [3.05, 3.63) is 75.4 Å². The molecule has 1 aromatic heterocycles. The summed E-state index contributed by atoms with van der Waals surface area (Å²) in [5.41, 5.74) is 2.37. The molecule has 4 rings (SSSR count). The molecule has 0 atom stereocenters. The number of carbonyl (C=O) groups is 1. The van der Waals surface area contributed by atoms with E-state index in [0.717, 1.165) is 37.3 Å². The van der Waals surface area contributed by atoms with Crippen LogP contribution >= 0.6 is 47.0 Å². The Kier molecular flexibility index (Phi) is 7.60. The average Bonchev–Trinajstić information content (AvgIpc) is 3.45. The van der Waals surface area contributed by atoms with Crippen LogP contribution in [0.2, 0.25) is 15.1 Å². The van der Waals surface area contributed by atoms with Crippen LogP contribution in [0, 0.1) is 0 Å². The topological polar surface area (TPSA) is 57.5 Å². The monoisotopic (exact) mass is 519 g/mol. The summed E-state index contributed by atoms with van der Waals surface area (Å²) in [6, 6.07) is 14.3. The van der Waals surface area contributed by atoms with E-state index in [9.17, 15) is 4.79 Å². The van der Waals surface area contributed by atoms with E-state index in [1.54, 1.807) is 36.4 Å². The van der Waals surface area contributed by atoms with E-state index < -0.39 is 0 Å². The minimum atomic E-state index is -0.389. The van der Waals surface area contributed by atoms with Gasteiger partial charge in [0.15, 0.2) is 5.11 Å². The lowest BCUT2D eigenvalue weighted by molar-refractivity contribution is -0.115. The van der Waals surface area contributed by atoms with E-state index in [1.165, 1.54) is 6.08 Å². The Bertz CT molecular complexity index is 1220. The summed E-state index contributed by atoms with van der Waals surface area (Å²) in [4.78, 5) is 14.6. The van der Waals surface area contributed by atoms with Crippen LogP contribution in [0.3, 0.4) is 0 Å². The number of halogens is 3. The molecule has 0 unspecified atom stereocenters. The zero-order chi connectivity index (χ0) is 23.4. The number of anilines is 2. The normalized spacial score (nSPS) is 13.5.